The van der Waals surface area contributed by atoms with Crippen molar-refractivity contribution in [3.63, 3.8) is 0 Å². The second-order valence-electron chi connectivity index (χ2n) is 2.23. The average molecular weight is 232 g/mol. The summed E-state index contributed by atoms with van der Waals surface area (Å²) in [6.45, 7) is 2.29. The third-order valence-corrected chi connectivity index (χ3v) is 1.42. The predicted octanol–water partition coefficient (Wildman–Crippen LogP) is 1.78. The normalized spacial score (nSPS) is 8.69. The van der Waals surface area contributed by atoms with Crippen LogP contribution in [0.15, 0.2) is 24.3 Å². The van der Waals surface area contributed by atoms with Gasteiger partial charge in [-0.1, -0.05) is 12.1 Å². The van der Waals surface area contributed by atoms with E-state index in [1.54, 1.807) is 18.2 Å². The molecule has 0 aliphatic heterocycles. The summed E-state index contributed by atoms with van der Waals surface area (Å²) in [5.74, 6) is -0.536. The smallest absolute Gasteiger partial charge is 0.339 e. The van der Waals surface area contributed by atoms with Gasteiger partial charge >= 0.3 is 5.97 Å². The number of ether oxygens (including phenoxy) is 1. The minimum absolute atomic E-state index is 0. The molecule has 0 aliphatic rings. The van der Waals surface area contributed by atoms with Crippen LogP contribution in [0, 0.1) is 0 Å². The van der Waals surface area contributed by atoms with Crippen molar-refractivity contribution in [2.75, 3.05) is 6.61 Å². The zero-order chi connectivity index (χ0) is 8.97. The van der Waals surface area contributed by atoms with Gasteiger partial charge in [0.15, 0.2) is 0 Å². The van der Waals surface area contributed by atoms with Crippen molar-refractivity contribution < 1.29 is 34.1 Å². The Morgan fingerprint density at radius 2 is 2.08 bits per heavy atom. The van der Waals surface area contributed by atoms with Gasteiger partial charge in [0.2, 0.25) is 0 Å². The molecule has 1 rings (SSSR count). The van der Waals surface area contributed by atoms with E-state index in [1.807, 2.05) is 6.92 Å². The van der Waals surface area contributed by atoms with Gasteiger partial charge in [0.1, 0.15) is 11.3 Å². The maximum absolute atomic E-state index is 10.6. The second-order valence-corrected chi connectivity index (χ2v) is 2.23. The number of carboxylic acid groups (broad SMARTS) is 1. The fourth-order valence-corrected chi connectivity index (χ4v) is 0.925. The number of para-hydroxylation sites is 1. The van der Waals surface area contributed by atoms with Crippen molar-refractivity contribution in [1.82, 2.24) is 0 Å². The van der Waals surface area contributed by atoms with E-state index in [4.69, 9.17) is 9.84 Å². The maximum atomic E-state index is 10.6. The Balaban J connectivity index is 0.00000144. The van der Waals surface area contributed by atoms with Crippen molar-refractivity contribution in [3.8, 4) is 5.75 Å². The number of hydrogen-bond donors (Lipinski definition) is 1. The van der Waals surface area contributed by atoms with Crippen LogP contribution in [0.3, 0.4) is 0 Å². The topological polar surface area (TPSA) is 46.5 Å². The minimum Gasteiger partial charge on any atom is -0.493 e. The molecule has 3 nitrogen and oxygen atoms in total. The number of hydrogen-bond acceptors (Lipinski definition) is 2. The quantitative estimate of drug-likeness (QED) is 0.807. The number of carboxylic acids is 1. The molecule has 0 aromatic heterocycles. The largest absolute Gasteiger partial charge is 0.493 e. The monoisotopic (exact) mass is 230 g/mol. The number of aromatic carboxylic acids is 1. The molecule has 0 saturated heterocycles. The standard InChI is InChI=1S/C9H10O3.Zn/c1-2-12-8-6-4-3-5-7(8)9(10)11;/h3-6H,2H2,1H3,(H,10,11);. The molecule has 0 fully saturated rings. The minimum atomic E-state index is -0.959. The molecular weight excluding hydrogens is 221 g/mol. The summed E-state index contributed by atoms with van der Waals surface area (Å²) in [6.07, 6.45) is 0. The van der Waals surface area contributed by atoms with Gasteiger partial charge in [-0.3, -0.25) is 0 Å². The van der Waals surface area contributed by atoms with E-state index in [1.165, 1.54) is 6.07 Å². The van der Waals surface area contributed by atoms with Gasteiger partial charge in [0, 0.05) is 19.5 Å². The molecule has 0 atom stereocenters. The number of rotatable bonds is 3. The third-order valence-electron chi connectivity index (χ3n) is 1.42. The molecule has 4 heteroatoms. The molecule has 66 valence electrons. The molecule has 0 amide bonds. The number of carbonyl (C=O) groups is 1. The van der Waals surface area contributed by atoms with Gasteiger partial charge in [0.25, 0.3) is 0 Å². The first-order valence-corrected chi connectivity index (χ1v) is 3.70. The summed E-state index contributed by atoms with van der Waals surface area (Å²) in [5.41, 5.74) is 0.208. The Morgan fingerprint density at radius 1 is 1.46 bits per heavy atom. The average Bonchev–Trinajstić information content (AvgIpc) is 2.05. The fourth-order valence-electron chi connectivity index (χ4n) is 0.925. The van der Waals surface area contributed by atoms with Crippen molar-refractivity contribution in [3.05, 3.63) is 29.8 Å². The molecule has 1 aromatic rings. The Kier molecular flexibility index (Phi) is 5.32. The molecule has 0 aliphatic carbocycles. The van der Waals surface area contributed by atoms with Crippen LogP contribution < -0.4 is 4.74 Å². The van der Waals surface area contributed by atoms with Crippen LogP contribution in [0.1, 0.15) is 17.3 Å². The van der Waals surface area contributed by atoms with E-state index < -0.39 is 5.97 Å². The van der Waals surface area contributed by atoms with E-state index in [0.29, 0.717) is 12.4 Å². The van der Waals surface area contributed by atoms with Gasteiger partial charge < -0.3 is 9.84 Å². The molecule has 1 aromatic carbocycles. The van der Waals surface area contributed by atoms with Crippen LogP contribution in [0.2, 0.25) is 0 Å². The summed E-state index contributed by atoms with van der Waals surface area (Å²) in [5, 5.41) is 8.71. The van der Waals surface area contributed by atoms with Crippen LogP contribution in [0.5, 0.6) is 5.75 Å². The molecule has 0 spiro atoms. The van der Waals surface area contributed by atoms with E-state index >= 15 is 0 Å². The van der Waals surface area contributed by atoms with Crippen LogP contribution in [0.4, 0.5) is 0 Å². The maximum Gasteiger partial charge on any atom is 0.339 e. The first-order chi connectivity index (χ1) is 5.75. The Hall–Kier alpha value is -0.887. The first kappa shape index (κ1) is 12.1. The molecule has 13 heavy (non-hydrogen) atoms. The van der Waals surface area contributed by atoms with Gasteiger partial charge in [-0.05, 0) is 19.1 Å². The van der Waals surface area contributed by atoms with Gasteiger partial charge in [0.05, 0.1) is 6.61 Å². The van der Waals surface area contributed by atoms with Crippen molar-refractivity contribution in [1.29, 1.82) is 0 Å². The van der Waals surface area contributed by atoms with Crippen LogP contribution in [0.25, 0.3) is 0 Å². The van der Waals surface area contributed by atoms with Gasteiger partial charge in [-0.15, -0.1) is 0 Å². The SMILES string of the molecule is CCOc1ccccc1C(=O)O.[Zn]. The van der Waals surface area contributed by atoms with Crippen LogP contribution >= 0.6 is 0 Å². The van der Waals surface area contributed by atoms with E-state index in [9.17, 15) is 4.79 Å². The van der Waals surface area contributed by atoms with Crippen molar-refractivity contribution in [2.24, 2.45) is 0 Å². The Labute approximate surface area is 89.5 Å². The first-order valence-electron chi connectivity index (χ1n) is 3.70. The van der Waals surface area contributed by atoms with Crippen LogP contribution in [-0.4, -0.2) is 17.7 Å². The Morgan fingerprint density at radius 3 is 2.62 bits per heavy atom. The summed E-state index contributed by atoms with van der Waals surface area (Å²) in [4.78, 5) is 10.6. The second kappa shape index (κ2) is 5.71. The van der Waals surface area contributed by atoms with Gasteiger partial charge in [-0.2, -0.15) is 0 Å². The summed E-state index contributed by atoms with van der Waals surface area (Å²) >= 11 is 0. The van der Waals surface area contributed by atoms with E-state index in [-0.39, 0.29) is 25.0 Å². The zero-order valence-electron chi connectivity index (χ0n) is 7.49. The fraction of sp³-hybridized carbons (Fsp3) is 0.222. The van der Waals surface area contributed by atoms with Crippen LogP contribution in [-0.2, 0) is 19.5 Å². The number of benzene rings is 1. The molecule has 0 bridgehead atoms. The molecule has 0 heterocycles. The summed E-state index contributed by atoms with van der Waals surface area (Å²) < 4.78 is 5.12. The third kappa shape index (κ3) is 3.15. The van der Waals surface area contributed by atoms with E-state index in [2.05, 4.69) is 0 Å². The zero-order valence-corrected chi connectivity index (χ0v) is 10.5. The van der Waals surface area contributed by atoms with Crippen molar-refractivity contribution >= 4 is 5.97 Å². The summed E-state index contributed by atoms with van der Waals surface area (Å²) in [7, 11) is 0. The van der Waals surface area contributed by atoms with Crippen molar-refractivity contribution in [2.45, 2.75) is 6.92 Å². The van der Waals surface area contributed by atoms with Gasteiger partial charge in [-0.25, -0.2) is 4.79 Å². The molecule has 0 unspecified atom stereocenters. The summed E-state index contributed by atoms with van der Waals surface area (Å²) in [6, 6.07) is 6.59. The predicted molar refractivity (Wildman–Crippen MR) is 44.6 cm³/mol. The molecule has 0 saturated carbocycles. The Bertz CT molecular complexity index is 286. The molecule has 0 radical (unpaired) electrons. The molecule has 1 N–H and O–H groups in total. The molecular formula is C9H10O3Zn. The van der Waals surface area contributed by atoms with E-state index in [0.717, 1.165) is 0 Å².